The summed E-state index contributed by atoms with van der Waals surface area (Å²) in [5.74, 6) is 1.26. The summed E-state index contributed by atoms with van der Waals surface area (Å²) in [6, 6.07) is 9.15. The average Bonchev–Trinajstić information content (AvgIpc) is 2.99. The van der Waals surface area contributed by atoms with E-state index >= 15 is 0 Å². The lowest BCUT2D eigenvalue weighted by Gasteiger charge is -2.34. The molecule has 0 aliphatic heterocycles. The molecule has 7 nitrogen and oxygen atoms in total. The zero-order chi connectivity index (χ0) is 15.4. The maximum Gasteiger partial charge on any atom is 0.258 e. The topological polar surface area (TPSA) is 103 Å². The Kier molecular flexibility index (Phi) is 5.57. The summed E-state index contributed by atoms with van der Waals surface area (Å²) in [6.45, 7) is 0.103. The standard InChI is InChI=1S/C15H18N4O3.ClH/c16-15(7-4-8-15)14-18-13(22-19-14)9-17-12(20)10-21-11-5-2-1-3-6-11;/h1-3,5-6H,4,7-10,16H2,(H,17,20);1H. The Bertz CT molecular complexity index is 643. The number of para-hydroxylation sites is 1. The van der Waals surface area contributed by atoms with E-state index < -0.39 is 5.54 Å². The van der Waals surface area contributed by atoms with Crippen LogP contribution in [-0.4, -0.2) is 22.7 Å². The van der Waals surface area contributed by atoms with Gasteiger partial charge in [0, 0.05) is 0 Å². The molecule has 1 amide bonds. The number of carbonyl (C=O) groups is 1. The van der Waals surface area contributed by atoms with E-state index in [1.165, 1.54) is 0 Å². The van der Waals surface area contributed by atoms with Crippen molar-refractivity contribution in [3.63, 3.8) is 0 Å². The fourth-order valence-corrected chi connectivity index (χ4v) is 2.20. The maximum absolute atomic E-state index is 11.7. The number of aromatic nitrogens is 2. The molecule has 3 rings (SSSR count). The van der Waals surface area contributed by atoms with Crippen LogP contribution in [0.1, 0.15) is 31.0 Å². The van der Waals surface area contributed by atoms with Gasteiger partial charge in [0.25, 0.3) is 5.91 Å². The van der Waals surface area contributed by atoms with Crippen LogP contribution in [0, 0.1) is 0 Å². The van der Waals surface area contributed by atoms with Crippen LogP contribution in [0.5, 0.6) is 5.75 Å². The Hall–Kier alpha value is -2.12. The summed E-state index contributed by atoms with van der Waals surface area (Å²) in [6.07, 6.45) is 2.81. The highest BCUT2D eigenvalue weighted by Gasteiger charge is 2.38. The van der Waals surface area contributed by atoms with Gasteiger partial charge in [0.15, 0.2) is 12.4 Å². The van der Waals surface area contributed by atoms with Crippen molar-refractivity contribution in [1.82, 2.24) is 15.5 Å². The molecule has 3 N–H and O–H groups in total. The minimum absolute atomic E-state index is 0. The molecule has 0 atom stereocenters. The van der Waals surface area contributed by atoms with Gasteiger partial charge in [0.05, 0.1) is 12.1 Å². The Labute approximate surface area is 140 Å². The first-order valence-electron chi connectivity index (χ1n) is 7.22. The van der Waals surface area contributed by atoms with Crippen molar-refractivity contribution in [3.05, 3.63) is 42.0 Å². The molecule has 0 unspecified atom stereocenters. The van der Waals surface area contributed by atoms with Gasteiger partial charge in [-0.2, -0.15) is 4.98 Å². The number of hydrogen-bond acceptors (Lipinski definition) is 6. The summed E-state index contributed by atoms with van der Waals surface area (Å²) in [7, 11) is 0. The number of nitrogens with zero attached hydrogens (tertiary/aromatic N) is 2. The highest BCUT2D eigenvalue weighted by molar-refractivity contribution is 5.85. The largest absolute Gasteiger partial charge is 0.484 e. The molecular formula is C15H19ClN4O3. The van der Waals surface area contributed by atoms with Crippen molar-refractivity contribution < 1.29 is 14.1 Å². The van der Waals surface area contributed by atoms with Gasteiger partial charge in [0.1, 0.15) is 5.75 Å². The first-order valence-corrected chi connectivity index (χ1v) is 7.22. The van der Waals surface area contributed by atoms with Gasteiger partial charge in [-0.15, -0.1) is 12.4 Å². The van der Waals surface area contributed by atoms with E-state index in [-0.39, 0.29) is 31.5 Å². The van der Waals surface area contributed by atoms with Crippen molar-refractivity contribution in [2.24, 2.45) is 5.73 Å². The molecule has 1 fully saturated rings. The molecule has 124 valence electrons. The minimum Gasteiger partial charge on any atom is -0.484 e. The number of carbonyl (C=O) groups excluding carboxylic acids is 1. The third-order valence-corrected chi connectivity index (χ3v) is 3.71. The molecule has 0 radical (unpaired) electrons. The van der Waals surface area contributed by atoms with Crippen molar-refractivity contribution in [3.8, 4) is 5.75 Å². The van der Waals surface area contributed by atoms with Crippen molar-refractivity contribution in [1.29, 1.82) is 0 Å². The van der Waals surface area contributed by atoms with Crippen molar-refractivity contribution in [2.45, 2.75) is 31.3 Å². The van der Waals surface area contributed by atoms with Gasteiger partial charge in [-0.1, -0.05) is 23.4 Å². The number of amides is 1. The molecule has 1 aliphatic rings. The van der Waals surface area contributed by atoms with E-state index in [1.807, 2.05) is 18.2 Å². The average molecular weight is 339 g/mol. The number of nitrogens with one attached hydrogen (secondary N) is 1. The van der Waals surface area contributed by atoms with Crippen LogP contribution in [-0.2, 0) is 16.9 Å². The minimum atomic E-state index is -0.456. The normalized spacial score (nSPS) is 15.2. The summed E-state index contributed by atoms with van der Waals surface area (Å²) in [5, 5.41) is 6.56. The highest BCUT2D eigenvalue weighted by Crippen LogP contribution is 2.36. The molecule has 2 aromatic rings. The molecule has 0 spiro atoms. The monoisotopic (exact) mass is 338 g/mol. The van der Waals surface area contributed by atoms with Crippen molar-refractivity contribution >= 4 is 18.3 Å². The number of ether oxygens (including phenoxy) is 1. The molecule has 1 aromatic carbocycles. The van der Waals surface area contributed by atoms with E-state index in [4.69, 9.17) is 15.0 Å². The fraction of sp³-hybridized carbons (Fsp3) is 0.400. The predicted molar refractivity (Wildman–Crippen MR) is 85.0 cm³/mol. The molecule has 1 aliphatic carbocycles. The summed E-state index contributed by atoms with van der Waals surface area (Å²) >= 11 is 0. The van der Waals surface area contributed by atoms with Crippen LogP contribution in [0.15, 0.2) is 34.9 Å². The Morgan fingerprint density at radius 2 is 2.09 bits per heavy atom. The van der Waals surface area contributed by atoms with Gasteiger partial charge in [-0.05, 0) is 31.4 Å². The smallest absolute Gasteiger partial charge is 0.258 e. The lowest BCUT2D eigenvalue weighted by molar-refractivity contribution is -0.123. The lowest BCUT2D eigenvalue weighted by atomic mass is 9.77. The van der Waals surface area contributed by atoms with Crippen LogP contribution in [0.4, 0.5) is 0 Å². The third kappa shape index (κ3) is 4.20. The second-order valence-electron chi connectivity index (χ2n) is 5.40. The van der Waals surface area contributed by atoms with Gasteiger partial charge < -0.3 is 20.3 Å². The van der Waals surface area contributed by atoms with E-state index in [0.29, 0.717) is 17.5 Å². The van der Waals surface area contributed by atoms with Crippen LogP contribution < -0.4 is 15.8 Å². The fourth-order valence-electron chi connectivity index (χ4n) is 2.20. The number of hydrogen-bond donors (Lipinski definition) is 2. The number of benzene rings is 1. The van der Waals surface area contributed by atoms with Crippen molar-refractivity contribution in [2.75, 3.05) is 6.61 Å². The summed E-state index contributed by atoms with van der Waals surface area (Å²) in [5.41, 5.74) is 5.66. The van der Waals surface area contributed by atoms with Crippen LogP contribution in [0.25, 0.3) is 0 Å². The molecule has 0 saturated heterocycles. The second-order valence-corrected chi connectivity index (χ2v) is 5.40. The van der Waals surface area contributed by atoms with Gasteiger partial charge in [-0.3, -0.25) is 4.79 Å². The molecule has 8 heteroatoms. The first-order chi connectivity index (χ1) is 10.7. The SMILES string of the molecule is Cl.NC1(c2noc(CNC(=O)COc3ccccc3)n2)CCC1. The second kappa shape index (κ2) is 7.43. The Morgan fingerprint density at radius 1 is 1.35 bits per heavy atom. The molecule has 23 heavy (non-hydrogen) atoms. The number of nitrogens with two attached hydrogens (primary N) is 1. The van der Waals surface area contributed by atoms with E-state index in [1.54, 1.807) is 12.1 Å². The van der Waals surface area contributed by atoms with Crippen LogP contribution in [0.3, 0.4) is 0 Å². The quantitative estimate of drug-likeness (QED) is 0.827. The molecule has 1 aromatic heterocycles. The molecule has 1 saturated carbocycles. The summed E-state index contributed by atoms with van der Waals surface area (Å²) < 4.78 is 10.4. The maximum atomic E-state index is 11.7. The van der Waals surface area contributed by atoms with E-state index in [9.17, 15) is 4.79 Å². The predicted octanol–water partition coefficient (Wildman–Crippen LogP) is 1.52. The van der Waals surface area contributed by atoms with Gasteiger partial charge in [0.2, 0.25) is 5.89 Å². The third-order valence-electron chi connectivity index (χ3n) is 3.71. The van der Waals surface area contributed by atoms with E-state index in [2.05, 4.69) is 15.5 Å². The summed E-state index contributed by atoms with van der Waals surface area (Å²) in [4.78, 5) is 15.9. The van der Waals surface area contributed by atoms with Crippen LogP contribution >= 0.6 is 12.4 Å². The Morgan fingerprint density at radius 3 is 2.74 bits per heavy atom. The number of rotatable bonds is 6. The molecule has 1 heterocycles. The van der Waals surface area contributed by atoms with Gasteiger partial charge >= 0.3 is 0 Å². The Balaban J connectivity index is 0.00000192. The lowest BCUT2D eigenvalue weighted by Crippen LogP contribution is -2.44. The molecular weight excluding hydrogens is 320 g/mol. The van der Waals surface area contributed by atoms with Crippen LogP contribution in [0.2, 0.25) is 0 Å². The molecule has 0 bridgehead atoms. The number of halogens is 1. The highest BCUT2D eigenvalue weighted by atomic mass is 35.5. The first kappa shape index (κ1) is 17.2. The zero-order valence-electron chi connectivity index (χ0n) is 12.5. The zero-order valence-corrected chi connectivity index (χ0v) is 13.3. The van der Waals surface area contributed by atoms with E-state index in [0.717, 1.165) is 19.3 Å². The van der Waals surface area contributed by atoms with Gasteiger partial charge in [-0.25, -0.2) is 0 Å².